The van der Waals surface area contributed by atoms with Crippen LogP contribution in [0.1, 0.15) is 33.1 Å². The van der Waals surface area contributed by atoms with Crippen molar-refractivity contribution >= 4 is 23.6 Å². The van der Waals surface area contributed by atoms with Gasteiger partial charge in [-0.3, -0.25) is 14.5 Å². The van der Waals surface area contributed by atoms with Gasteiger partial charge in [0.15, 0.2) is 5.16 Å². The minimum atomic E-state index is -0.227. The van der Waals surface area contributed by atoms with Crippen molar-refractivity contribution in [1.29, 1.82) is 0 Å². The van der Waals surface area contributed by atoms with Crippen LogP contribution in [0.15, 0.2) is 65.8 Å². The van der Waals surface area contributed by atoms with E-state index in [4.69, 9.17) is 4.98 Å². The molecule has 0 bridgehead atoms. The predicted molar refractivity (Wildman–Crippen MR) is 125 cm³/mol. The highest BCUT2D eigenvalue weighted by atomic mass is 32.2. The first-order valence-corrected chi connectivity index (χ1v) is 11.6. The second-order valence-corrected chi connectivity index (χ2v) is 9.74. The molecule has 6 heteroatoms. The summed E-state index contributed by atoms with van der Waals surface area (Å²) in [5, 5.41) is 0.843. The van der Waals surface area contributed by atoms with E-state index in [-0.39, 0.29) is 17.2 Å². The molecule has 1 aliphatic rings. The Kier molecular flexibility index (Phi) is 6.28. The fraction of sp³-hybridized carbons (Fsp3) is 0.320. The minimum Gasteiger partial charge on any atom is -0.332 e. The molecule has 3 aromatic rings. The molecule has 1 N–H and O–H groups in total. The smallest absolute Gasteiger partial charge is 0.229 e. The van der Waals surface area contributed by atoms with E-state index in [0.717, 1.165) is 39.8 Å². The Balaban J connectivity index is 1.43. The van der Waals surface area contributed by atoms with Crippen molar-refractivity contribution in [2.75, 3.05) is 12.3 Å². The summed E-state index contributed by atoms with van der Waals surface area (Å²) in [6.45, 7) is 4.42. The average Bonchev–Trinajstić information content (AvgIpc) is 3.17. The number of nitrogens with zero attached hydrogens (tertiary/aromatic N) is 2. The van der Waals surface area contributed by atoms with Gasteiger partial charge in [0.1, 0.15) is 0 Å². The van der Waals surface area contributed by atoms with E-state index in [1.165, 1.54) is 4.90 Å². The molecule has 0 spiro atoms. The molecule has 1 aromatic heterocycles. The van der Waals surface area contributed by atoms with Crippen molar-refractivity contribution in [2.45, 2.75) is 38.3 Å². The Labute approximate surface area is 187 Å². The number of nitrogens with one attached hydrogen (secondary N) is 1. The van der Waals surface area contributed by atoms with Crippen molar-refractivity contribution < 1.29 is 9.59 Å². The third-order valence-corrected chi connectivity index (χ3v) is 6.38. The first kappa shape index (κ1) is 21.4. The molecule has 160 valence electrons. The maximum atomic E-state index is 12.3. The molecule has 0 unspecified atom stereocenters. The lowest BCUT2D eigenvalue weighted by Gasteiger charge is -2.34. The molecule has 31 heavy (non-hydrogen) atoms. The van der Waals surface area contributed by atoms with Crippen LogP contribution in [0.3, 0.4) is 0 Å². The van der Waals surface area contributed by atoms with Gasteiger partial charge in [-0.25, -0.2) is 4.98 Å². The van der Waals surface area contributed by atoms with E-state index in [0.29, 0.717) is 19.4 Å². The fourth-order valence-corrected chi connectivity index (χ4v) is 4.69. The van der Waals surface area contributed by atoms with Gasteiger partial charge in [0.25, 0.3) is 0 Å². The summed E-state index contributed by atoms with van der Waals surface area (Å²) in [5.74, 6) is 0.667. The number of likely N-dealkylation sites (tertiary alicyclic amines) is 1. The number of rotatable bonds is 7. The van der Waals surface area contributed by atoms with Gasteiger partial charge in [0.05, 0.1) is 11.4 Å². The number of imide groups is 1. The summed E-state index contributed by atoms with van der Waals surface area (Å²) in [6, 6.07) is 20.3. The van der Waals surface area contributed by atoms with Crippen molar-refractivity contribution in [1.82, 2.24) is 14.9 Å². The number of aromatic nitrogens is 2. The van der Waals surface area contributed by atoms with Gasteiger partial charge in [-0.05, 0) is 11.8 Å². The van der Waals surface area contributed by atoms with Crippen LogP contribution in [0.25, 0.3) is 22.5 Å². The molecular formula is C25H27N3O2S. The van der Waals surface area contributed by atoms with Gasteiger partial charge < -0.3 is 4.98 Å². The molecule has 1 aliphatic heterocycles. The number of piperidine rings is 1. The van der Waals surface area contributed by atoms with Crippen LogP contribution in [0.5, 0.6) is 0 Å². The summed E-state index contributed by atoms with van der Waals surface area (Å²) in [7, 11) is 0. The fourth-order valence-electron chi connectivity index (χ4n) is 3.89. The van der Waals surface area contributed by atoms with E-state index in [2.05, 4.69) is 29.2 Å². The van der Waals surface area contributed by atoms with Crippen molar-refractivity contribution in [3.63, 3.8) is 0 Å². The van der Waals surface area contributed by atoms with E-state index in [1.54, 1.807) is 11.8 Å². The zero-order valence-corrected chi connectivity index (χ0v) is 18.7. The SMILES string of the molecule is CC1(C)CC(=O)N(CCCSc2nc(-c3ccccc3)c(-c3ccccc3)[nH]2)C(=O)C1. The molecule has 1 saturated heterocycles. The van der Waals surface area contributed by atoms with Crippen molar-refractivity contribution in [3.8, 4) is 22.5 Å². The number of carbonyl (C=O) groups is 2. The Morgan fingerprint density at radius 3 is 2.13 bits per heavy atom. The third kappa shape index (κ3) is 5.07. The van der Waals surface area contributed by atoms with E-state index < -0.39 is 0 Å². The topological polar surface area (TPSA) is 66.1 Å². The highest BCUT2D eigenvalue weighted by Gasteiger charge is 2.36. The third-order valence-electron chi connectivity index (χ3n) is 5.42. The molecule has 2 heterocycles. The zero-order chi connectivity index (χ0) is 21.8. The zero-order valence-electron chi connectivity index (χ0n) is 17.9. The molecule has 5 nitrogen and oxygen atoms in total. The number of imidazole rings is 1. The second-order valence-electron chi connectivity index (χ2n) is 8.66. The molecule has 0 saturated carbocycles. The van der Waals surface area contributed by atoms with E-state index in [9.17, 15) is 9.59 Å². The first-order chi connectivity index (χ1) is 14.9. The van der Waals surface area contributed by atoms with Gasteiger partial charge >= 0.3 is 0 Å². The molecule has 2 aromatic carbocycles. The molecular weight excluding hydrogens is 406 g/mol. The molecule has 0 atom stereocenters. The summed E-state index contributed by atoms with van der Waals surface area (Å²) in [5.41, 5.74) is 3.86. The molecule has 0 aliphatic carbocycles. The highest BCUT2D eigenvalue weighted by Crippen LogP contribution is 2.33. The van der Waals surface area contributed by atoms with Crippen LogP contribution >= 0.6 is 11.8 Å². The number of hydrogen-bond donors (Lipinski definition) is 1. The lowest BCUT2D eigenvalue weighted by atomic mass is 9.82. The first-order valence-electron chi connectivity index (χ1n) is 10.6. The van der Waals surface area contributed by atoms with Crippen LogP contribution < -0.4 is 0 Å². The minimum absolute atomic E-state index is 0.0537. The largest absolute Gasteiger partial charge is 0.332 e. The van der Waals surface area contributed by atoms with Crippen LogP contribution in [0.4, 0.5) is 0 Å². The van der Waals surface area contributed by atoms with E-state index >= 15 is 0 Å². The Morgan fingerprint density at radius 2 is 1.52 bits per heavy atom. The second kappa shape index (κ2) is 9.10. The number of thioether (sulfide) groups is 1. The summed E-state index contributed by atoms with van der Waals surface area (Å²) in [4.78, 5) is 34.4. The van der Waals surface area contributed by atoms with Crippen LogP contribution in [0, 0.1) is 5.41 Å². The lowest BCUT2D eigenvalue weighted by molar-refractivity contribution is -0.152. The Morgan fingerprint density at radius 1 is 0.935 bits per heavy atom. The normalized spacial score (nSPS) is 16.0. The van der Waals surface area contributed by atoms with Gasteiger partial charge in [-0.2, -0.15) is 0 Å². The number of amides is 2. The van der Waals surface area contributed by atoms with Crippen molar-refractivity contribution in [2.24, 2.45) is 5.41 Å². The molecule has 1 fully saturated rings. The van der Waals surface area contributed by atoms with Gasteiger partial charge in [-0.1, -0.05) is 86.3 Å². The predicted octanol–water partition coefficient (Wildman–Crippen LogP) is 5.40. The van der Waals surface area contributed by atoms with Crippen molar-refractivity contribution in [3.05, 3.63) is 60.7 Å². The maximum absolute atomic E-state index is 12.3. The Bertz CT molecular complexity index is 984. The van der Waals surface area contributed by atoms with Gasteiger partial charge in [0, 0.05) is 36.3 Å². The summed E-state index contributed by atoms with van der Waals surface area (Å²) < 4.78 is 0. The summed E-state index contributed by atoms with van der Waals surface area (Å²) in [6.07, 6.45) is 1.61. The number of benzene rings is 2. The van der Waals surface area contributed by atoms with Crippen LogP contribution in [-0.4, -0.2) is 39.0 Å². The standard InChI is InChI=1S/C25H27N3O2S/c1-25(2)16-20(29)28(21(30)17-25)14-9-15-31-24-26-22(18-10-5-3-6-11-18)23(27-24)19-12-7-4-8-13-19/h3-8,10-13H,9,14-17H2,1-2H3,(H,26,27). The van der Waals surface area contributed by atoms with E-state index in [1.807, 2.05) is 50.2 Å². The van der Waals surface area contributed by atoms with Crippen LogP contribution in [-0.2, 0) is 9.59 Å². The average molecular weight is 434 g/mol. The maximum Gasteiger partial charge on any atom is 0.229 e. The van der Waals surface area contributed by atoms with Gasteiger partial charge in [-0.15, -0.1) is 0 Å². The number of carbonyl (C=O) groups excluding carboxylic acids is 2. The quantitative estimate of drug-likeness (QED) is 0.308. The number of hydrogen-bond acceptors (Lipinski definition) is 4. The summed E-state index contributed by atoms with van der Waals surface area (Å²) >= 11 is 1.62. The number of H-pyrrole nitrogens is 1. The monoisotopic (exact) mass is 433 g/mol. The molecule has 2 amide bonds. The number of aromatic amines is 1. The molecule has 4 rings (SSSR count). The van der Waals surface area contributed by atoms with Gasteiger partial charge in [0.2, 0.25) is 11.8 Å². The van der Waals surface area contributed by atoms with Crippen LogP contribution in [0.2, 0.25) is 0 Å². The lowest BCUT2D eigenvalue weighted by Crippen LogP contribution is -2.46. The molecule has 0 radical (unpaired) electrons. The Hall–Kier alpha value is -2.86. The highest BCUT2D eigenvalue weighted by molar-refractivity contribution is 7.99.